The van der Waals surface area contributed by atoms with Crippen molar-refractivity contribution in [1.82, 2.24) is 5.23 Å². The summed E-state index contributed by atoms with van der Waals surface area (Å²) in [6.07, 6.45) is 0. The molecule has 0 unspecified atom stereocenters. The van der Waals surface area contributed by atoms with E-state index in [1.54, 1.807) is 21.6 Å². The van der Waals surface area contributed by atoms with Gasteiger partial charge in [0.25, 0.3) is 5.09 Å². The van der Waals surface area contributed by atoms with Crippen LogP contribution in [0, 0.1) is 10.1 Å². The summed E-state index contributed by atoms with van der Waals surface area (Å²) in [6, 6.07) is 0. The first kappa shape index (κ1) is 11.9. The molecule has 0 bridgehead atoms. The van der Waals surface area contributed by atoms with Crippen molar-refractivity contribution < 1.29 is 9.92 Å². The lowest BCUT2D eigenvalue weighted by Crippen LogP contribution is -2.11. The summed E-state index contributed by atoms with van der Waals surface area (Å²) in [4.78, 5) is 13.8. The van der Waals surface area contributed by atoms with Crippen molar-refractivity contribution in [3.63, 3.8) is 0 Å². The molecule has 0 heterocycles. The van der Waals surface area contributed by atoms with Crippen LogP contribution < -0.4 is 5.23 Å². The first-order chi connectivity index (χ1) is 5.77. The van der Waals surface area contributed by atoms with Crippen LogP contribution in [0.3, 0.4) is 0 Å². The Labute approximate surface area is 79.9 Å². The smallest absolute Gasteiger partial charge is 0.294 e. The van der Waals surface area contributed by atoms with Crippen LogP contribution in [0.4, 0.5) is 0 Å². The maximum atomic E-state index is 9.69. The van der Waals surface area contributed by atoms with Crippen LogP contribution in [0.15, 0.2) is 0 Å². The zero-order valence-electron chi connectivity index (χ0n) is 6.82. The van der Waals surface area contributed by atoms with Crippen molar-refractivity contribution >= 4 is 29.6 Å². The number of nitrogens with one attached hydrogen (secondary N) is 1. The Kier molecular flexibility index (Phi) is 8.96. The summed E-state index contributed by atoms with van der Waals surface area (Å²) in [5.74, 6) is 1.65. The van der Waals surface area contributed by atoms with E-state index in [4.69, 9.17) is 0 Å². The molecule has 70 valence electrons. The second kappa shape index (κ2) is 9.02. The highest BCUT2D eigenvalue weighted by Gasteiger charge is 1.94. The Bertz CT molecular complexity index is 129. The van der Waals surface area contributed by atoms with Crippen molar-refractivity contribution in [2.24, 2.45) is 0 Å². The van der Waals surface area contributed by atoms with E-state index >= 15 is 0 Å². The minimum Gasteiger partial charge on any atom is -0.361 e. The van der Waals surface area contributed by atoms with Crippen molar-refractivity contribution in [2.45, 2.75) is 0 Å². The lowest BCUT2D eigenvalue weighted by Gasteiger charge is -1.99. The van der Waals surface area contributed by atoms with Crippen molar-refractivity contribution in [2.75, 3.05) is 24.7 Å². The highest BCUT2D eigenvalue weighted by atomic mass is 33.1. The highest BCUT2D eigenvalue weighted by Crippen LogP contribution is 2.19. The van der Waals surface area contributed by atoms with E-state index in [0.29, 0.717) is 5.75 Å². The van der Waals surface area contributed by atoms with Gasteiger partial charge in [0.15, 0.2) is 7.98 Å². The fraction of sp³-hybridized carbons (Fsp3) is 1.00. The van der Waals surface area contributed by atoms with Crippen LogP contribution in [0.5, 0.6) is 0 Å². The van der Waals surface area contributed by atoms with E-state index in [9.17, 15) is 10.1 Å². The van der Waals surface area contributed by atoms with E-state index in [2.05, 4.69) is 10.1 Å². The molecule has 0 aromatic carbocycles. The first-order valence-corrected chi connectivity index (χ1v) is 5.92. The van der Waals surface area contributed by atoms with Gasteiger partial charge in [0.1, 0.15) is 6.61 Å². The van der Waals surface area contributed by atoms with Crippen LogP contribution >= 0.6 is 21.6 Å². The number of hydrogen-bond acceptors (Lipinski definition) is 6. The SMILES string of the molecule is BNCCSSCCO[N+](=O)[O-]. The molecular formula is C4H11BN2O3S2. The van der Waals surface area contributed by atoms with E-state index in [0.717, 1.165) is 12.3 Å². The molecule has 0 saturated carbocycles. The van der Waals surface area contributed by atoms with Crippen molar-refractivity contribution in [1.29, 1.82) is 0 Å². The van der Waals surface area contributed by atoms with E-state index < -0.39 is 5.09 Å². The summed E-state index contributed by atoms with van der Waals surface area (Å²) in [5, 5.41) is 11.9. The third-order valence-electron chi connectivity index (χ3n) is 0.882. The van der Waals surface area contributed by atoms with Gasteiger partial charge in [-0.05, 0) is 6.54 Å². The van der Waals surface area contributed by atoms with Gasteiger partial charge in [0.2, 0.25) is 0 Å². The fourth-order valence-electron chi connectivity index (χ4n) is 0.407. The normalized spacial score (nSPS) is 9.67. The lowest BCUT2D eigenvalue weighted by molar-refractivity contribution is -0.756. The Morgan fingerprint density at radius 2 is 2.17 bits per heavy atom. The molecule has 0 aliphatic rings. The Morgan fingerprint density at radius 3 is 2.75 bits per heavy atom. The van der Waals surface area contributed by atoms with E-state index in [-0.39, 0.29) is 6.61 Å². The fourth-order valence-corrected chi connectivity index (χ4v) is 2.23. The summed E-state index contributed by atoms with van der Waals surface area (Å²) in [5.41, 5.74) is 0. The van der Waals surface area contributed by atoms with Gasteiger partial charge in [-0.3, -0.25) is 0 Å². The van der Waals surface area contributed by atoms with Crippen LogP contribution in [0.1, 0.15) is 0 Å². The molecule has 8 heteroatoms. The van der Waals surface area contributed by atoms with Gasteiger partial charge < -0.3 is 10.1 Å². The second-order valence-corrected chi connectivity index (χ2v) is 4.51. The topological polar surface area (TPSA) is 64.4 Å². The molecule has 0 aromatic rings. The summed E-state index contributed by atoms with van der Waals surface area (Å²) in [7, 11) is 5.15. The van der Waals surface area contributed by atoms with Gasteiger partial charge in [-0.15, -0.1) is 10.1 Å². The molecular weight excluding hydrogens is 199 g/mol. The molecule has 12 heavy (non-hydrogen) atoms. The Morgan fingerprint density at radius 1 is 1.50 bits per heavy atom. The van der Waals surface area contributed by atoms with Gasteiger partial charge in [-0.1, -0.05) is 21.6 Å². The van der Waals surface area contributed by atoms with Crippen molar-refractivity contribution in [3.8, 4) is 0 Å². The standard InChI is InChI=1S/C4H11BN2O3S2/c5-6-1-3-11-12-4-2-10-7(8)9/h6H,1-5H2. The molecule has 0 fully saturated rings. The minimum absolute atomic E-state index is 0.171. The zero-order valence-corrected chi connectivity index (χ0v) is 8.45. The molecule has 0 aromatic heterocycles. The molecule has 0 aliphatic carbocycles. The molecule has 0 aliphatic heterocycles. The van der Waals surface area contributed by atoms with Crippen LogP contribution in [0.25, 0.3) is 0 Å². The first-order valence-electron chi connectivity index (χ1n) is 3.43. The summed E-state index contributed by atoms with van der Waals surface area (Å²) in [6.45, 7) is 1.12. The van der Waals surface area contributed by atoms with Gasteiger partial charge in [-0.2, -0.15) is 0 Å². The predicted octanol–water partition coefficient (Wildman–Crippen LogP) is -0.286. The molecule has 0 saturated heterocycles. The van der Waals surface area contributed by atoms with Gasteiger partial charge in [0, 0.05) is 11.5 Å². The zero-order chi connectivity index (χ0) is 9.23. The highest BCUT2D eigenvalue weighted by molar-refractivity contribution is 8.76. The number of rotatable bonds is 8. The molecule has 0 atom stereocenters. The third kappa shape index (κ3) is 9.92. The summed E-state index contributed by atoms with van der Waals surface area (Å²) >= 11 is 0. The lowest BCUT2D eigenvalue weighted by atomic mass is 10.4. The second-order valence-electron chi connectivity index (χ2n) is 1.80. The molecule has 1 N–H and O–H groups in total. The van der Waals surface area contributed by atoms with Gasteiger partial charge >= 0.3 is 0 Å². The number of nitrogens with zero attached hydrogens (tertiary/aromatic N) is 1. The monoisotopic (exact) mass is 210 g/mol. The van der Waals surface area contributed by atoms with E-state index in [1.165, 1.54) is 0 Å². The average molecular weight is 210 g/mol. The predicted molar refractivity (Wildman–Crippen MR) is 54.4 cm³/mol. The maximum Gasteiger partial charge on any atom is 0.294 e. The Balaban J connectivity index is 2.86. The molecule has 0 rings (SSSR count). The quantitative estimate of drug-likeness (QED) is 0.195. The van der Waals surface area contributed by atoms with Gasteiger partial charge in [0.05, 0.1) is 0 Å². The van der Waals surface area contributed by atoms with Crippen LogP contribution in [-0.4, -0.2) is 37.7 Å². The third-order valence-corrected chi connectivity index (χ3v) is 3.25. The largest absolute Gasteiger partial charge is 0.361 e. The number of hydrogen-bond donors (Lipinski definition) is 1. The van der Waals surface area contributed by atoms with Crippen LogP contribution in [0.2, 0.25) is 0 Å². The minimum atomic E-state index is -0.765. The van der Waals surface area contributed by atoms with Gasteiger partial charge in [-0.25, -0.2) is 0 Å². The molecule has 0 spiro atoms. The van der Waals surface area contributed by atoms with Crippen LogP contribution in [-0.2, 0) is 4.84 Å². The summed E-state index contributed by atoms with van der Waals surface area (Å²) < 4.78 is 0. The Hall–Kier alpha value is -0.0751. The average Bonchev–Trinajstić information content (AvgIpc) is 2.02. The van der Waals surface area contributed by atoms with E-state index in [1.807, 2.05) is 7.98 Å². The molecule has 0 amide bonds. The molecule has 0 radical (unpaired) electrons. The molecule has 5 nitrogen and oxygen atoms in total. The maximum absolute atomic E-state index is 9.69. The van der Waals surface area contributed by atoms with Crippen molar-refractivity contribution in [3.05, 3.63) is 10.1 Å².